The van der Waals surface area contributed by atoms with E-state index in [1.807, 2.05) is 78.1 Å². The largest absolute Gasteiger partial charge is 0.444 e. The number of aromatic nitrogens is 5. The van der Waals surface area contributed by atoms with E-state index in [1.54, 1.807) is 60.9 Å². The number of carbonyl (C=O) groups excluding carboxylic acids is 4. The zero-order valence-corrected chi connectivity index (χ0v) is 47.6. The Labute approximate surface area is 484 Å². The Hall–Kier alpha value is -7.62. The van der Waals surface area contributed by atoms with E-state index in [9.17, 15) is 19.2 Å². The summed E-state index contributed by atoms with van der Waals surface area (Å²) in [7, 11) is 0. The second-order valence-corrected chi connectivity index (χ2v) is 23.7. The quantitative estimate of drug-likeness (QED) is 0.0646. The van der Waals surface area contributed by atoms with Crippen LogP contribution in [0.3, 0.4) is 0 Å². The molecule has 2 amide bonds. The van der Waals surface area contributed by atoms with E-state index in [-0.39, 0.29) is 31.1 Å². The molecule has 10 rings (SSSR count). The number of halogens is 2. The summed E-state index contributed by atoms with van der Waals surface area (Å²) >= 11 is 13.0. The number of amides is 2. The summed E-state index contributed by atoms with van der Waals surface area (Å²) in [6.07, 6.45) is 15.6. The van der Waals surface area contributed by atoms with Gasteiger partial charge in [-0.2, -0.15) is 0 Å². The average molecular weight is 1140 g/mol. The van der Waals surface area contributed by atoms with Gasteiger partial charge in [-0.15, -0.1) is 0 Å². The molecule has 0 radical (unpaired) electrons. The first-order chi connectivity index (χ1) is 38.3. The normalized spacial score (nSPS) is 17.7. The molecule has 3 aliphatic carbocycles. The lowest BCUT2D eigenvalue weighted by molar-refractivity contribution is 0.0624. The summed E-state index contributed by atoms with van der Waals surface area (Å²) in [5, 5.41) is 14.5. The summed E-state index contributed by atoms with van der Waals surface area (Å²) in [5.74, 6) is 1.92. The van der Waals surface area contributed by atoms with Crippen molar-refractivity contribution in [2.75, 3.05) is 21.3 Å². The van der Waals surface area contributed by atoms with Crippen molar-refractivity contribution in [1.82, 2.24) is 24.9 Å². The SMILES string of the molecule is C.CC(C)(C)OC(=O)Nc1cccc(C(=O)CC2CCC(Nc3ncc(Cl)c(-c4c[nH]c5ccccc45)n3)CC2)c1.CC(C)(C)OC(=O)Nc1cccc(C(=O)CC2CCC(Nc3ncc(Cl)c(C4=CCc5ccccc54)n3)CC2)c1. The second kappa shape index (κ2) is 26.3. The Bertz CT molecular complexity index is 3400. The molecule has 424 valence electrons. The van der Waals surface area contributed by atoms with Gasteiger partial charge < -0.3 is 25.1 Å². The number of fused-ring (bicyclic) bond motifs is 2. The van der Waals surface area contributed by atoms with Crippen molar-refractivity contribution in [2.24, 2.45) is 11.8 Å². The van der Waals surface area contributed by atoms with E-state index in [0.29, 0.717) is 74.8 Å². The Morgan fingerprint density at radius 2 is 1.07 bits per heavy atom. The molecular formula is C64H73Cl2N9O6. The van der Waals surface area contributed by atoms with Crippen molar-refractivity contribution >= 4 is 86.7 Å². The van der Waals surface area contributed by atoms with Crippen LogP contribution in [0.1, 0.15) is 151 Å². The first kappa shape index (κ1) is 59.5. The van der Waals surface area contributed by atoms with Gasteiger partial charge in [0.15, 0.2) is 11.6 Å². The molecular weight excluding hydrogens is 1060 g/mol. The standard InChI is InChI=1S/C32H35ClN4O3.C31H34ClN5O3.CH4/c1-32(2,3)40-31(39)36-24-9-6-8-22(18-24)28(38)17-20-11-14-23(15-12-20)35-30-34-19-27(33)29(37-30)26-16-13-21-7-4-5-10-25(21)26;1-31(2,3)40-30(39)36-22-8-6-7-20(16-22)27(38)15-19-11-13-21(14-12-19)35-29-34-18-25(32)28(37-29)24-17-33-26-10-5-4-9-23(24)26;/h4-10,16,18-20,23H,11-15,17H2,1-3H3,(H,36,39)(H,34,35,37);4-10,16-19,21,33H,11-15H2,1-3H3,(H,36,39)(H,34,35,37);1H4. The predicted molar refractivity (Wildman–Crippen MR) is 325 cm³/mol. The fourth-order valence-electron chi connectivity index (χ4n) is 10.6. The zero-order chi connectivity index (χ0) is 56.6. The highest BCUT2D eigenvalue weighted by atomic mass is 35.5. The van der Waals surface area contributed by atoms with E-state index in [2.05, 4.69) is 60.5 Å². The summed E-state index contributed by atoms with van der Waals surface area (Å²) in [5.41, 5.74) is 8.02. The van der Waals surface area contributed by atoms with E-state index in [4.69, 9.17) is 42.6 Å². The van der Waals surface area contributed by atoms with E-state index in [1.165, 1.54) is 11.1 Å². The van der Waals surface area contributed by atoms with E-state index < -0.39 is 23.4 Å². The fraction of sp³-hybridized carbons (Fsp3) is 0.375. The number of benzene rings is 4. The van der Waals surface area contributed by atoms with Crippen LogP contribution in [0.4, 0.5) is 32.9 Å². The second-order valence-electron chi connectivity index (χ2n) is 22.9. The molecule has 2 fully saturated rings. The summed E-state index contributed by atoms with van der Waals surface area (Å²) in [6, 6.07) is 30.9. The van der Waals surface area contributed by atoms with Crippen LogP contribution in [0.5, 0.6) is 0 Å². The number of aromatic amines is 1. The average Bonchev–Trinajstić information content (AvgIpc) is 4.05. The maximum absolute atomic E-state index is 13.0. The maximum Gasteiger partial charge on any atom is 0.412 e. The van der Waals surface area contributed by atoms with Crippen molar-refractivity contribution in [3.8, 4) is 11.3 Å². The highest BCUT2D eigenvalue weighted by Crippen LogP contribution is 2.37. The van der Waals surface area contributed by atoms with Gasteiger partial charge in [-0.1, -0.05) is 103 Å². The third kappa shape index (κ3) is 16.3. The van der Waals surface area contributed by atoms with Gasteiger partial charge in [0, 0.05) is 75.7 Å². The molecule has 2 saturated carbocycles. The van der Waals surface area contributed by atoms with Crippen LogP contribution >= 0.6 is 23.2 Å². The van der Waals surface area contributed by atoms with Crippen molar-refractivity contribution < 1.29 is 28.7 Å². The fourth-order valence-corrected chi connectivity index (χ4v) is 10.9. The first-order valence-electron chi connectivity index (χ1n) is 27.5. The number of nitrogens with one attached hydrogen (secondary N) is 5. The minimum Gasteiger partial charge on any atom is -0.444 e. The van der Waals surface area contributed by atoms with Crippen LogP contribution in [-0.2, 0) is 15.9 Å². The number of rotatable bonds is 14. The third-order valence-electron chi connectivity index (χ3n) is 14.4. The van der Waals surface area contributed by atoms with Crippen molar-refractivity contribution in [3.05, 3.63) is 160 Å². The summed E-state index contributed by atoms with van der Waals surface area (Å²) in [6.45, 7) is 10.9. The van der Waals surface area contributed by atoms with Gasteiger partial charge in [-0.3, -0.25) is 20.2 Å². The smallest absolute Gasteiger partial charge is 0.412 e. The lowest BCUT2D eigenvalue weighted by Gasteiger charge is -2.29. The van der Waals surface area contributed by atoms with Gasteiger partial charge in [0.1, 0.15) is 11.2 Å². The predicted octanol–water partition coefficient (Wildman–Crippen LogP) is 16.2. The molecule has 0 aliphatic heterocycles. The van der Waals surface area contributed by atoms with Crippen LogP contribution in [0, 0.1) is 11.8 Å². The number of nitrogens with zero attached hydrogens (tertiary/aromatic N) is 4. The number of ether oxygens (including phenoxy) is 2. The number of carbonyl (C=O) groups is 4. The molecule has 0 saturated heterocycles. The lowest BCUT2D eigenvalue weighted by atomic mass is 9.82. The molecule has 3 aromatic heterocycles. The highest BCUT2D eigenvalue weighted by Gasteiger charge is 2.28. The number of H-pyrrole nitrogens is 1. The molecule has 5 N–H and O–H groups in total. The van der Waals surface area contributed by atoms with Crippen molar-refractivity contribution in [1.29, 1.82) is 0 Å². The molecule has 0 unspecified atom stereocenters. The molecule has 4 aromatic carbocycles. The lowest BCUT2D eigenvalue weighted by Crippen LogP contribution is -2.28. The van der Waals surface area contributed by atoms with Crippen molar-refractivity contribution in [3.63, 3.8) is 0 Å². The molecule has 0 spiro atoms. The highest BCUT2D eigenvalue weighted by molar-refractivity contribution is 6.33. The summed E-state index contributed by atoms with van der Waals surface area (Å²) < 4.78 is 10.6. The number of ketones is 2. The molecule has 3 heterocycles. The number of hydrogen-bond acceptors (Lipinski definition) is 12. The van der Waals surface area contributed by atoms with Crippen LogP contribution in [0.25, 0.3) is 27.7 Å². The minimum absolute atomic E-state index is 0. The molecule has 15 nitrogen and oxygen atoms in total. The van der Waals surface area contributed by atoms with Gasteiger partial charge in [0.2, 0.25) is 11.9 Å². The topological polar surface area (TPSA) is 202 Å². The molecule has 3 aliphatic rings. The molecule has 7 aromatic rings. The van der Waals surface area contributed by atoms with Crippen molar-refractivity contribution in [2.45, 2.75) is 143 Å². The van der Waals surface area contributed by atoms with Crippen LogP contribution in [0.2, 0.25) is 10.0 Å². The minimum atomic E-state index is -0.593. The first-order valence-corrected chi connectivity index (χ1v) is 28.2. The van der Waals surface area contributed by atoms with Gasteiger partial charge in [-0.05, 0) is 153 Å². The Kier molecular flexibility index (Phi) is 19.3. The van der Waals surface area contributed by atoms with Gasteiger partial charge in [-0.25, -0.2) is 29.5 Å². The van der Waals surface area contributed by atoms with Crippen LogP contribution < -0.4 is 21.3 Å². The molecule has 17 heteroatoms. The van der Waals surface area contributed by atoms with E-state index in [0.717, 1.165) is 85.5 Å². The molecule has 81 heavy (non-hydrogen) atoms. The Morgan fingerprint density at radius 3 is 1.60 bits per heavy atom. The number of anilines is 4. The number of allylic oxidation sites excluding steroid dienone is 1. The number of Topliss-reactive ketones (excluding diaryl/α,β-unsaturated/α-hetero) is 2. The third-order valence-corrected chi connectivity index (χ3v) is 14.9. The summed E-state index contributed by atoms with van der Waals surface area (Å²) in [4.78, 5) is 71.9. The Balaban J connectivity index is 0.000000210. The Morgan fingerprint density at radius 1 is 0.593 bits per heavy atom. The number of para-hydroxylation sites is 1. The maximum atomic E-state index is 13.0. The van der Waals surface area contributed by atoms with Gasteiger partial charge in [0.25, 0.3) is 0 Å². The number of hydrogen-bond donors (Lipinski definition) is 5. The molecule has 0 bridgehead atoms. The van der Waals surface area contributed by atoms with Gasteiger partial charge >= 0.3 is 12.2 Å². The van der Waals surface area contributed by atoms with Crippen LogP contribution in [-0.4, -0.2) is 72.0 Å². The van der Waals surface area contributed by atoms with Crippen LogP contribution in [0.15, 0.2) is 122 Å². The zero-order valence-electron chi connectivity index (χ0n) is 46.1. The van der Waals surface area contributed by atoms with Gasteiger partial charge in [0.05, 0.1) is 33.8 Å². The van der Waals surface area contributed by atoms with E-state index >= 15 is 0 Å². The monoisotopic (exact) mass is 1130 g/mol. The molecule has 0 atom stereocenters.